The van der Waals surface area contributed by atoms with Crippen molar-refractivity contribution in [3.8, 4) is 0 Å². The number of rotatable bonds is 1. The van der Waals surface area contributed by atoms with E-state index in [1.54, 1.807) is 5.57 Å². The summed E-state index contributed by atoms with van der Waals surface area (Å²) in [5, 5.41) is 0. The zero-order valence-electron chi connectivity index (χ0n) is 6.28. The van der Waals surface area contributed by atoms with Gasteiger partial charge in [-0.1, -0.05) is 25.5 Å². The fourth-order valence-corrected chi connectivity index (χ4v) is 1.29. The van der Waals surface area contributed by atoms with Gasteiger partial charge in [-0.2, -0.15) is 0 Å². The first-order valence-electron chi connectivity index (χ1n) is 3.56. The molecule has 0 unspecified atom stereocenters. The summed E-state index contributed by atoms with van der Waals surface area (Å²) >= 11 is 0. The third kappa shape index (κ3) is 1.16. The summed E-state index contributed by atoms with van der Waals surface area (Å²) in [6, 6.07) is 0. The summed E-state index contributed by atoms with van der Waals surface area (Å²) in [5.74, 6) is 0. The molecule has 1 fully saturated rings. The molecule has 1 aliphatic rings. The fraction of sp³-hybridized carbons (Fsp3) is 0.750. The summed E-state index contributed by atoms with van der Waals surface area (Å²) in [5.41, 5.74) is 7.40. The van der Waals surface area contributed by atoms with Crippen LogP contribution in [0.5, 0.6) is 0 Å². The third-order valence-electron chi connectivity index (χ3n) is 2.25. The number of nitrogens with two attached hydrogens (primary N) is 1. The monoisotopic (exact) mass is 125 g/mol. The zero-order valence-corrected chi connectivity index (χ0v) is 6.28. The highest BCUT2D eigenvalue weighted by Crippen LogP contribution is 2.44. The van der Waals surface area contributed by atoms with Crippen molar-refractivity contribution in [1.29, 1.82) is 0 Å². The lowest BCUT2D eigenvalue weighted by atomic mass is 9.67. The van der Waals surface area contributed by atoms with Crippen molar-refractivity contribution in [3.05, 3.63) is 11.6 Å². The van der Waals surface area contributed by atoms with Gasteiger partial charge in [-0.05, 0) is 18.3 Å². The highest BCUT2D eigenvalue weighted by atomic mass is 14.5. The molecule has 2 N–H and O–H groups in total. The van der Waals surface area contributed by atoms with E-state index in [0.29, 0.717) is 12.0 Å². The molecular formula is C8H15N. The van der Waals surface area contributed by atoms with E-state index in [1.165, 1.54) is 12.8 Å². The summed E-state index contributed by atoms with van der Waals surface area (Å²) in [7, 11) is 0. The SMILES string of the molecule is CC1(C)CC/C1=C\CN. The topological polar surface area (TPSA) is 26.0 Å². The predicted octanol–water partition coefficient (Wildman–Crippen LogP) is 1.69. The molecule has 0 aliphatic heterocycles. The van der Waals surface area contributed by atoms with Crippen molar-refractivity contribution in [2.24, 2.45) is 11.1 Å². The Morgan fingerprint density at radius 3 is 2.44 bits per heavy atom. The Labute approximate surface area is 56.9 Å². The van der Waals surface area contributed by atoms with E-state index in [-0.39, 0.29) is 0 Å². The van der Waals surface area contributed by atoms with E-state index >= 15 is 0 Å². The van der Waals surface area contributed by atoms with Gasteiger partial charge in [0.25, 0.3) is 0 Å². The maximum atomic E-state index is 5.38. The lowest BCUT2D eigenvalue weighted by Crippen LogP contribution is -2.25. The van der Waals surface area contributed by atoms with E-state index in [1.807, 2.05) is 0 Å². The molecular weight excluding hydrogens is 110 g/mol. The van der Waals surface area contributed by atoms with Crippen LogP contribution in [0, 0.1) is 5.41 Å². The summed E-state index contributed by atoms with van der Waals surface area (Å²) in [4.78, 5) is 0. The summed E-state index contributed by atoms with van der Waals surface area (Å²) in [6.07, 6.45) is 4.76. The average molecular weight is 125 g/mol. The maximum absolute atomic E-state index is 5.38. The van der Waals surface area contributed by atoms with E-state index in [0.717, 1.165) is 0 Å². The van der Waals surface area contributed by atoms with Gasteiger partial charge in [-0.15, -0.1) is 0 Å². The Kier molecular flexibility index (Phi) is 1.62. The predicted molar refractivity (Wildman–Crippen MR) is 40.2 cm³/mol. The molecule has 1 nitrogen and oxygen atoms in total. The van der Waals surface area contributed by atoms with Crippen LogP contribution in [0.15, 0.2) is 11.6 Å². The van der Waals surface area contributed by atoms with Crippen LogP contribution in [0.3, 0.4) is 0 Å². The highest BCUT2D eigenvalue weighted by molar-refractivity contribution is 5.20. The highest BCUT2D eigenvalue weighted by Gasteiger charge is 2.31. The lowest BCUT2D eigenvalue weighted by molar-refractivity contribution is 0.304. The first-order valence-corrected chi connectivity index (χ1v) is 3.56. The largest absolute Gasteiger partial charge is 0.327 e. The summed E-state index contributed by atoms with van der Waals surface area (Å²) in [6.45, 7) is 5.26. The Morgan fingerprint density at radius 2 is 2.33 bits per heavy atom. The van der Waals surface area contributed by atoms with Crippen LogP contribution in [-0.2, 0) is 0 Å². The van der Waals surface area contributed by atoms with Crippen LogP contribution in [0.2, 0.25) is 0 Å². The first-order chi connectivity index (χ1) is 4.17. The normalized spacial score (nSPS) is 28.1. The van der Waals surface area contributed by atoms with E-state index in [9.17, 15) is 0 Å². The number of allylic oxidation sites excluding steroid dienone is 1. The van der Waals surface area contributed by atoms with Gasteiger partial charge in [-0.3, -0.25) is 0 Å². The molecule has 0 aromatic rings. The molecule has 0 atom stereocenters. The average Bonchev–Trinajstić information content (AvgIpc) is 1.81. The standard InChI is InChI=1S/C8H15N/c1-8(2)5-3-7(8)4-6-9/h4H,3,5-6,9H2,1-2H3/b7-4+. The van der Waals surface area contributed by atoms with Gasteiger partial charge in [-0.25, -0.2) is 0 Å². The maximum Gasteiger partial charge on any atom is 0.0109 e. The minimum Gasteiger partial charge on any atom is -0.327 e. The van der Waals surface area contributed by atoms with Crippen LogP contribution in [-0.4, -0.2) is 6.54 Å². The van der Waals surface area contributed by atoms with Crippen molar-refractivity contribution in [2.75, 3.05) is 6.54 Å². The van der Waals surface area contributed by atoms with Crippen molar-refractivity contribution in [1.82, 2.24) is 0 Å². The summed E-state index contributed by atoms with van der Waals surface area (Å²) < 4.78 is 0. The molecule has 0 radical (unpaired) electrons. The van der Waals surface area contributed by atoms with Crippen molar-refractivity contribution in [2.45, 2.75) is 26.7 Å². The Balaban J connectivity index is 2.55. The number of hydrogen-bond donors (Lipinski definition) is 1. The van der Waals surface area contributed by atoms with Gasteiger partial charge in [0, 0.05) is 6.54 Å². The van der Waals surface area contributed by atoms with E-state index < -0.39 is 0 Å². The molecule has 1 heteroatoms. The molecule has 1 saturated carbocycles. The molecule has 0 heterocycles. The minimum absolute atomic E-state index is 0.472. The smallest absolute Gasteiger partial charge is 0.0109 e. The molecule has 0 amide bonds. The van der Waals surface area contributed by atoms with Gasteiger partial charge >= 0.3 is 0 Å². The van der Waals surface area contributed by atoms with E-state index in [2.05, 4.69) is 19.9 Å². The Bertz CT molecular complexity index is 134. The van der Waals surface area contributed by atoms with Crippen molar-refractivity contribution >= 4 is 0 Å². The molecule has 52 valence electrons. The quantitative estimate of drug-likeness (QED) is 0.530. The van der Waals surface area contributed by atoms with Crippen molar-refractivity contribution < 1.29 is 0 Å². The second kappa shape index (κ2) is 2.14. The molecule has 1 rings (SSSR count). The minimum atomic E-state index is 0.472. The fourth-order valence-electron chi connectivity index (χ4n) is 1.29. The van der Waals surface area contributed by atoms with Gasteiger partial charge in [0.05, 0.1) is 0 Å². The second-order valence-electron chi connectivity index (χ2n) is 3.35. The molecule has 0 spiro atoms. The number of hydrogen-bond acceptors (Lipinski definition) is 1. The third-order valence-corrected chi connectivity index (χ3v) is 2.25. The zero-order chi connectivity index (χ0) is 6.91. The van der Waals surface area contributed by atoms with Gasteiger partial charge in [0.1, 0.15) is 0 Å². The van der Waals surface area contributed by atoms with E-state index in [4.69, 9.17) is 5.73 Å². The van der Waals surface area contributed by atoms with Crippen LogP contribution >= 0.6 is 0 Å². The van der Waals surface area contributed by atoms with Crippen LogP contribution < -0.4 is 5.73 Å². The Morgan fingerprint density at radius 1 is 1.67 bits per heavy atom. The van der Waals surface area contributed by atoms with Crippen LogP contribution in [0.1, 0.15) is 26.7 Å². The Hall–Kier alpha value is -0.300. The molecule has 9 heavy (non-hydrogen) atoms. The van der Waals surface area contributed by atoms with Gasteiger partial charge < -0.3 is 5.73 Å². The van der Waals surface area contributed by atoms with Gasteiger partial charge in [0.15, 0.2) is 0 Å². The molecule has 0 aromatic heterocycles. The van der Waals surface area contributed by atoms with Crippen LogP contribution in [0.25, 0.3) is 0 Å². The molecule has 0 bridgehead atoms. The van der Waals surface area contributed by atoms with Gasteiger partial charge in [0.2, 0.25) is 0 Å². The van der Waals surface area contributed by atoms with Crippen LogP contribution in [0.4, 0.5) is 0 Å². The lowest BCUT2D eigenvalue weighted by Gasteiger charge is -2.38. The molecule has 1 aliphatic carbocycles. The van der Waals surface area contributed by atoms with Crippen molar-refractivity contribution in [3.63, 3.8) is 0 Å². The second-order valence-corrected chi connectivity index (χ2v) is 3.35. The molecule has 0 aromatic carbocycles. The first kappa shape index (κ1) is 6.81. The molecule has 0 saturated heterocycles.